The lowest BCUT2D eigenvalue weighted by Gasteiger charge is -2.21. The highest BCUT2D eigenvalue weighted by molar-refractivity contribution is 5.95. The van der Waals surface area contributed by atoms with Crippen molar-refractivity contribution in [3.05, 3.63) is 29.6 Å². The number of rotatable bonds is 3. The Morgan fingerprint density at radius 3 is 2.76 bits per heavy atom. The van der Waals surface area contributed by atoms with Crippen LogP contribution >= 0.6 is 0 Å². The first-order valence-electron chi connectivity index (χ1n) is 7.47. The van der Waals surface area contributed by atoms with E-state index in [0.717, 1.165) is 32.4 Å². The molecule has 0 bridgehead atoms. The lowest BCUT2D eigenvalue weighted by Crippen LogP contribution is -2.32. The number of carboxylic acids is 1. The summed E-state index contributed by atoms with van der Waals surface area (Å²) < 4.78 is 0. The van der Waals surface area contributed by atoms with Gasteiger partial charge in [-0.2, -0.15) is 0 Å². The fourth-order valence-electron chi connectivity index (χ4n) is 2.83. The zero-order chi connectivity index (χ0) is 15.4. The fraction of sp³-hybridized carbons (Fsp3) is 0.562. The van der Waals surface area contributed by atoms with E-state index in [0.29, 0.717) is 11.8 Å². The third-order valence-corrected chi connectivity index (χ3v) is 4.23. The molecule has 1 aromatic rings. The second-order valence-corrected chi connectivity index (χ2v) is 5.96. The van der Waals surface area contributed by atoms with E-state index >= 15 is 0 Å². The molecule has 0 radical (unpaired) electrons. The van der Waals surface area contributed by atoms with Crippen molar-refractivity contribution in [2.24, 2.45) is 11.8 Å². The summed E-state index contributed by atoms with van der Waals surface area (Å²) in [6.07, 6.45) is 4.52. The van der Waals surface area contributed by atoms with Gasteiger partial charge in [0.15, 0.2) is 0 Å². The first kappa shape index (κ1) is 15.5. The van der Waals surface area contributed by atoms with Crippen molar-refractivity contribution in [1.82, 2.24) is 9.88 Å². The van der Waals surface area contributed by atoms with Gasteiger partial charge >= 0.3 is 5.97 Å². The van der Waals surface area contributed by atoms with E-state index in [9.17, 15) is 9.59 Å². The lowest BCUT2D eigenvalue weighted by atomic mass is 9.89. The number of carbonyl (C=O) groups excluding carboxylic acids is 1. The van der Waals surface area contributed by atoms with Crippen molar-refractivity contribution in [2.75, 3.05) is 13.1 Å². The molecule has 1 fully saturated rings. The molecule has 0 aliphatic carbocycles. The van der Waals surface area contributed by atoms with E-state index in [1.807, 2.05) is 0 Å². The van der Waals surface area contributed by atoms with E-state index in [1.165, 1.54) is 18.3 Å². The number of aromatic nitrogens is 1. The van der Waals surface area contributed by atoms with Gasteiger partial charge in [0.25, 0.3) is 5.91 Å². The van der Waals surface area contributed by atoms with Gasteiger partial charge in [0.2, 0.25) is 0 Å². The maximum atomic E-state index is 12.5. The Morgan fingerprint density at radius 1 is 1.33 bits per heavy atom. The van der Waals surface area contributed by atoms with Crippen LogP contribution in [0.1, 0.15) is 54.0 Å². The van der Waals surface area contributed by atoms with Crippen LogP contribution in [0, 0.1) is 11.8 Å². The second-order valence-electron chi connectivity index (χ2n) is 5.96. The van der Waals surface area contributed by atoms with Crippen molar-refractivity contribution in [1.29, 1.82) is 0 Å². The van der Waals surface area contributed by atoms with E-state index in [-0.39, 0.29) is 17.2 Å². The average molecular weight is 290 g/mol. The van der Waals surface area contributed by atoms with Crippen LogP contribution in [-0.2, 0) is 0 Å². The summed E-state index contributed by atoms with van der Waals surface area (Å²) in [7, 11) is 0. The molecule has 1 aliphatic rings. The van der Waals surface area contributed by atoms with E-state index in [2.05, 4.69) is 18.8 Å². The van der Waals surface area contributed by atoms with Crippen LogP contribution in [-0.4, -0.2) is 40.0 Å². The van der Waals surface area contributed by atoms with Crippen molar-refractivity contribution in [3.8, 4) is 0 Å². The lowest BCUT2D eigenvalue weighted by molar-refractivity contribution is 0.0696. The molecule has 114 valence electrons. The van der Waals surface area contributed by atoms with Gasteiger partial charge in [0.1, 0.15) is 5.69 Å². The summed E-state index contributed by atoms with van der Waals surface area (Å²) in [4.78, 5) is 29.3. The zero-order valence-electron chi connectivity index (χ0n) is 12.6. The van der Waals surface area contributed by atoms with Gasteiger partial charge in [0, 0.05) is 19.3 Å². The van der Waals surface area contributed by atoms with Crippen LogP contribution in [0.5, 0.6) is 0 Å². The van der Waals surface area contributed by atoms with E-state index in [1.54, 1.807) is 4.90 Å². The number of hydrogen-bond donors (Lipinski definition) is 1. The molecule has 1 aliphatic heterocycles. The maximum Gasteiger partial charge on any atom is 0.335 e. The molecule has 2 heterocycles. The Morgan fingerprint density at radius 2 is 2.10 bits per heavy atom. The van der Waals surface area contributed by atoms with Gasteiger partial charge < -0.3 is 10.0 Å². The molecule has 1 unspecified atom stereocenters. The summed E-state index contributed by atoms with van der Waals surface area (Å²) >= 11 is 0. The summed E-state index contributed by atoms with van der Waals surface area (Å²) in [6, 6.07) is 2.76. The van der Waals surface area contributed by atoms with Crippen LogP contribution in [0.4, 0.5) is 0 Å². The topological polar surface area (TPSA) is 70.5 Å². The number of hydrogen-bond acceptors (Lipinski definition) is 3. The molecule has 1 aromatic heterocycles. The third kappa shape index (κ3) is 3.80. The average Bonchev–Trinajstić information content (AvgIpc) is 2.72. The fourth-order valence-corrected chi connectivity index (χ4v) is 2.83. The Bertz CT molecular complexity index is 528. The van der Waals surface area contributed by atoms with Crippen LogP contribution in [0.15, 0.2) is 18.3 Å². The quantitative estimate of drug-likeness (QED) is 0.929. The second kappa shape index (κ2) is 6.70. The minimum absolute atomic E-state index is 0.100. The molecule has 0 spiro atoms. The predicted molar refractivity (Wildman–Crippen MR) is 79.3 cm³/mol. The van der Waals surface area contributed by atoms with Gasteiger partial charge in [-0.15, -0.1) is 0 Å². The number of aromatic carboxylic acids is 1. The minimum atomic E-state index is -1.04. The minimum Gasteiger partial charge on any atom is -0.478 e. The Hall–Kier alpha value is -1.91. The highest BCUT2D eigenvalue weighted by atomic mass is 16.4. The monoisotopic (exact) mass is 290 g/mol. The van der Waals surface area contributed by atoms with Crippen molar-refractivity contribution < 1.29 is 14.7 Å². The molecule has 0 aromatic carbocycles. The SMILES string of the molecule is CC(C)C1CCCN(C(=O)c2cc(C(=O)O)ccn2)CC1. The number of carbonyl (C=O) groups is 2. The number of pyridine rings is 1. The molecule has 1 N–H and O–H groups in total. The van der Waals surface area contributed by atoms with Crippen LogP contribution < -0.4 is 0 Å². The van der Waals surface area contributed by atoms with Crippen LogP contribution in [0.3, 0.4) is 0 Å². The Labute approximate surface area is 125 Å². The highest BCUT2D eigenvalue weighted by Crippen LogP contribution is 2.25. The Balaban J connectivity index is 2.09. The number of carboxylic acid groups (broad SMARTS) is 1. The molecular weight excluding hydrogens is 268 g/mol. The highest BCUT2D eigenvalue weighted by Gasteiger charge is 2.24. The largest absolute Gasteiger partial charge is 0.478 e. The molecule has 5 nitrogen and oxygen atoms in total. The van der Waals surface area contributed by atoms with E-state index < -0.39 is 5.97 Å². The third-order valence-electron chi connectivity index (χ3n) is 4.23. The number of amides is 1. The molecule has 5 heteroatoms. The number of likely N-dealkylation sites (tertiary alicyclic amines) is 1. The normalized spacial score (nSPS) is 19.4. The summed E-state index contributed by atoms with van der Waals surface area (Å²) in [5.74, 6) is 0.0827. The maximum absolute atomic E-state index is 12.5. The summed E-state index contributed by atoms with van der Waals surface area (Å²) in [5.41, 5.74) is 0.320. The zero-order valence-corrected chi connectivity index (χ0v) is 12.6. The van der Waals surface area contributed by atoms with Crippen molar-refractivity contribution >= 4 is 11.9 Å². The van der Waals surface area contributed by atoms with Gasteiger partial charge in [-0.25, -0.2) is 4.79 Å². The standard InChI is InChI=1S/C16H22N2O3/c1-11(2)12-4-3-8-18(9-6-12)15(19)14-10-13(16(20)21)5-7-17-14/h5,7,10-12H,3-4,6,8-9H2,1-2H3,(H,20,21). The molecule has 2 rings (SSSR count). The van der Waals surface area contributed by atoms with Crippen molar-refractivity contribution in [2.45, 2.75) is 33.1 Å². The summed E-state index contributed by atoms with van der Waals surface area (Å²) in [5, 5.41) is 8.99. The smallest absolute Gasteiger partial charge is 0.335 e. The van der Waals surface area contributed by atoms with Gasteiger partial charge in [0.05, 0.1) is 5.56 Å². The molecule has 0 saturated carbocycles. The first-order chi connectivity index (χ1) is 9.99. The Kier molecular flexibility index (Phi) is 4.94. The summed E-state index contributed by atoms with van der Waals surface area (Å²) in [6.45, 7) is 5.89. The molecular formula is C16H22N2O3. The van der Waals surface area contributed by atoms with Crippen LogP contribution in [0.25, 0.3) is 0 Å². The molecule has 21 heavy (non-hydrogen) atoms. The molecule has 1 amide bonds. The van der Waals surface area contributed by atoms with Gasteiger partial charge in [-0.1, -0.05) is 13.8 Å². The van der Waals surface area contributed by atoms with Gasteiger partial charge in [-0.05, 0) is 43.2 Å². The van der Waals surface area contributed by atoms with Crippen molar-refractivity contribution in [3.63, 3.8) is 0 Å². The predicted octanol–water partition coefficient (Wildman–Crippen LogP) is 2.68. The molecule has 1 atom stereocenters. The van der Waals surface area contributed by atoms with Gasteiger partial charge in [-0.3, -0.25) is 9.78 Å². The number of nitrogens with zero attached hydrogens (tertiary/aromatic N) is 2. The van der Waals surface area contributed by atoms with Crippen LogP contribution in [0.2, 0.25) is 0 Å². The first-order valence-corrected chi connectivity index (χ1v) is 7.47. The molecule has 1 saturated heterocycles. The van der Waals surface area contributed by atoms with E-state index in [4.69, 9.17) is 5.11 Å².